The molecule has 0 aromatic carbocycles. The SMILES string of the molecule is CCCCCCOCCOCCOCCOC(=O)CCCCC(=O)O. The summed E-state index contributed by atoms with van der Waals surface area (Å²) in [5, 5.41) is 8.47. The summed E-state index contributed by atoms with van der Waals surface area (Å²) in [6, 6.07) is 0. The third-order valence-corrected chi connectivity index (χ3v) is 3.40. The van der Waals surface area contributed by atoms with Gasteiger partial charge >= 0.3 is 11.9 Å². The van der Waals surface area contributed by atoms with Crippen LogP contribution in [0.2, 0.25) is 0 Å². The molecule has 0 aliphatic carbocycles. The maximum atomic E-state index is 11.3. The van der Waals surface area contributed by atoms with Gasteiger partial charge < -0.3 is 24.1 Å². The highest BCUT2D eigenvalue weighted by Gasteiger charge is 2.04. The number of carbonyl (C=O) groups is 2. The van der Waals surface area contributed by atoms with Gasteiger partial charge in [-0.25, -0.2) is 0 Å². The minimum atomic E-state index is -0.845. The zero-order valence-corrected chi connectivity index (χ0v) is 15.5. The topological polar surface area (TPSA) is 91.3 Å². The number of ether oxygens (including phenoxy) is 4. The first-order valence-corrected chi connectivity index (χ1v) is 9.27. The van der Waals surface area contributed by atoms with E-state index in [1.165, 1.54) is 19.3 Å². The number of hydrogen-bond donors (Lipinski definition) is 1. The molecule has 0 unspecified atom stereocenters. The third-order valence-electron chi connectivity index (χ3n) is 3.40. The smallest absolute Gasteiger partial charge is 0.305 e. The van der Waals surface area contributed by atoms with E-state index in [2.05, 4.69) is 6.92 Å². The molecule has 0 fully saturated rings. The van der Waals surface area contributed by atoms with Gasteiger partial charge in [0.1, 0.15) is 6.61 Å². The molecule has 25 heavy (non-hydrogen) atoms. The maximum absolute atomic E-state index is 11.3. The van der Waals surface area contributed by atoms with Crippen molar-refractivity contribution in [3.63, 3.8) is 0 Å². The van der Waals surface area contributed by atoms with Gasteiger partial charge in [0.05, 0.1) is 33.0 Å². The quantitative estimate of drug-likeness (QED) is 0.279. The lowest BCUT2D eigenvalue weighted by molar-refractivity contribution is -0.146. The highest BCUT2D eigenvalue weighted by Crippen LogP contribution is 2.01. The van der Waals surface area contributed by atoms with Crippen molar-refractivity contribution in [1.82, 2.24) is 0 Å². The van der Waals surface area contributed by atoms with Crippen LogP contribution in [-0.4, -0.2) is 63.3 Å². The standard InChI is InChI=1S/C18H34O7/c1-2-3-4-7-10-22-11-12-23-13-14-24-15-16-25-18(21)9-6-5-8-17(19)20/h2-16H2,1H3,(H,19,20). The summed E-state index contributed by atoms with van der Waals surface area (Å²) in [7, 11) is 0. The Labute approximate surface area is 151 Å². The van der Waals surface area contributed by atoms with Gasteiger partial charge in [-0.3, -0.25) is 9.59 Å². The number of carbonyl (C=O) groups excluding carboxylic acids is 1. The number of rotatable bonds is 19. The Balaban J connectivity index is 3.13. The number of unbranched alkanes of at least 4 members (excludes halogenated alkanes) is 4. The number of aliphatic carboxylic acids is 1. The van der Waals surface area contributed by atoms with Crippen molar-refractivity contribution >= 4 is 11.9 Å². The van der Waals surface area contributed by atoms with Gasteiger partial charge in [-0.15, -0.1) is 0 Å². The van der Waals surface area contributed by atoms with Crippen molar-refractivity contribution in [2.45, 2.75) is 58.3 Å². The van der Waals surface area contributed by atoms with Crippen LogP contribution >= 0.6 is 0 Å². The molecule has 0 saturated carbocycles. The molecule has 0 bridgehead atoms. The molecule has 148 valence electrons. The van der Waals surface area contributed by atoms with Crippen molar-refractivity contribution < 1.29 is 33.6 Å². The van der Waals surface area contributed by atoms with Crippen molar-refractivity contribution in [2.24, 2.45) is 0 Å². The Bertz CT molecular complexity index is 321. The molecule has 0 saturated heterocycles. The van der Waals surface area contributed by atoms with Crippen molar-refractivity contribution in [3.8, 4) is 0 Å². The summed E-state index contributed by atoms with van der Waals surface area (Å²) in [5.41, 5.74) is 0. The molecule has 7 heteroatoms. The Morgan fingerprint density at radius 1 is 0.680 bits per heavy atom. The highest BCUT2D eigenvalue weighted by molar-refractivity contribution is 5.69. The van der Waals surface area contributed by atoms with E-state index in [4.69, 9.17) is 24.1 Å². The van der Waals surface area contributed by atoms with Gasteiger partial charge in [0.2, 0.25) is 0 Å². The molecule has 0 aromatic rings. The summed E-state index contributed by atoms with van der Waals surface area (Å²) in [6.45, 7) is 5.62. The summed E-state index contributed by atoms with van der Waals surface area (Å²) in [6.07, 6.45) is 6.16. The molecule has 0 amide bonds. The van der Waals surface area contributed by atoms with Crippen LogP contribution in [0.4, 0.5) is 0 Å². The minimum Gasteiger partial charge on any atom is -0.481 e. The van der Waals surface area contributed by atoms with E-state index in [0.717, 1.165) is 13.0 Å². The van der Waals surface area contributed by atoms with E-state index >= 15 is 0 Å². The maximum Gasteiger partial charge on any atom is 0.305 e. The Kier molecular flexibility index (Phi) is 18.2. The van der Waals surface area contributed by atoms with E-state index in [9.17, 15) is 9.59 Å². The summed E-state index contributed by atoms with van der Waals surface area (Å²) >= 11 is 0. The van der Waals surface area contributed by atoms with Gasteiger partial charge in [0, 0.05) is 19.4 Å². The summed E-state index contributed by atoms with van der Waals surface area (Å²) in [5.74, 6) is -1.16. The summed E-state index contributed by atoms with van der Waals surface area (Å²) < 4.78 is 21.1. The van der Waals surface area contributed by atoms with Gasteiger partial charge in [-0.1, -0.05) is 26.2 Å². The zero-order chi connectivity index (χ0) is 18.6. The average Bonchev–Trinajstić information content (AvgIpc) is 2.59. The van der Waals surface area contributed by atoms with Crippen molar-refractivity contribution in [1.29, 1.82) is 0 Å². The molecule has 0 atom stereocenters. The van der Waals surface area contributed by atoms with Crippen LogP contribution in [0.5, 0.6) is 0 Å². The van der Waals surface area contributed by atoms with Gasteiger partial charge in [0.15, 0.2) is 0 Å². The molecular formula is C18H34O7. The normalized spacial score (nSPS) is 10.8. The monoisotopic (exact) mass is 362 g/mol. The predicted molar refractivity (Wildman–Crippen MR) is 93.7 cm³/mol. The first-order chi connectivity index (χ1) is 12.2. The van der Waals surface area contributed by atoms with Crippen LogP contribution < -0.4 is 0 Å². The van der Waals surface area contributed by atoms with E-state index < -0.39 is 5.97 Å². The lowest BCUT2D eigenvalue weighted by Crippen LogP contribution is -2.14. The van der Waals surface area contributed by atoms with E-state index in [-0.39, 0.29) is 25.4 Å². The molecule has 0 rings (SSSR count). The molecule has 0 radical (unpaired) electrons. The largest absolute Gasteiger partial charge is 0.481 e. The second-order valence-corrected chi connectivity index (χ2v) is 5.72. The zero-order valence-electron chi connectivity index (χ0n) is 15.5. The fraction of sp³-hybridized carbons (Fsp3) is 0.889. The molecular weight excluding hydrogens is 328 g/mol. The number of hydrogen-bond acceptors (Lipinski definition) is 6. The molecule has 1 N–H and O–H groups in total. The summed E-state index contributed by atoms with van der Waals surface area (Å²) in [4.78, 5) is 21.7. The van der Waals surface area contributed by atoms with Crippen LogP contribution in [0.3, 0.4) is 0 Å². The Morgan fingerprint density at radius 2 is 1.24 bits per heavy atom. The van der Waals surface area contributed by atoms with Crippen molar-refractivity contribution in [2.75, 3.05) is 46.2 Å². The Hall–Kier alpha value is -1.18. The van der Waals surface area contributed by atoms with Crippen LogP contribution in [0.15, 0.2) is 0 Å². The van der Waals surface area contributed by atoms with Gasteiger partial charge in [-0.05, 0) is 19.3 Å². The number of carboxylic acids is 1. The number of carboxylic acid groups (broad SMARTS) is 1. The van der Waals surface area contributed by atoms with E-state index in [0.29, 0.717) is 45.9 Å². The van der Waals surface area contributed by atoms with Crippen LogP contribution in [0.1, 0.15) is 58.3 Å². The molecule has 0 spiro atoms. The lowest BCUT2D eigenvalue weighted by atomic mass is 10.2. The second kappa shape index (κ2) is 19.1. The van der Waals surface area contributed by atoms with Crippen LogP contribution in [-0.2, 0) is 28.5 Å². The number of esters is 1. The first kappa shape index (κ1) is 23.8. The fourth-order valence-corrected chi connectivity index (χ4v) is 2.00. The average molecular weight is 362 g/mol. The fourth-order valence-electron chi connectivity index (χ4n) is 2.00. The van der Waals surface area contributed by atoms with E-state index in [1.807, 2.05) is 0 Å². The van der Waals surface area contributed by atoms with Crippen LogP contribution in [0.25, 0.3) is 0 Å². The van der Waals surface area contributed by atoms with E-state index in [1.54, 1.807) is 0 Å². The first-order valence-electron chi connectivity index (χ1n) is 9.27. The lowest BCUT2D eigenvalue weighted by Gasteiger charge is -2.07. The molecule has 0 aliphatic rings. The Morgan fingerprint density at radius 3 is 1.84 bits per heavy atom. The molecule has 7 nitrogen and oxygen atoms in total. The highest BCUT2D eigenvalue weighted by atomic mass is 16.6. The third kappa shape index (κ3) is 20.8. The second-order valence-electron chi connectivity index (χ2n) is 5.72. The minimum absolute atomic E-state index is 0.0836. The predicted octanol–water partition coefficient (Wildman–Crippen LogP) is 2.80. The molecule has 0 aromatic heterocycles. The molecule has 0 heterocycles. The van der Waals surface area contributed by atoms with Crippen LogP contribution in [0, 0.1) is 0 Å². The molecule has 0 aliphatic heterocycles. The van der Waals surface area contributed by atoms with Gasteiger partial charge in [0.25, 0.3) is 0 Å². The van der Waals surface area contributed by atoms with Crippen molar-refractivity contribution in [3.05, 3.63) is 0 Å². The van der Waals surface area contributed by atoms with Gasteiger partial charge in [-0.2, -0.15) is 0 Å².